The van der Waals surface area contributed by atoms with Gasteiger partial charge in [-0.15, -0.1) is 11.6 Å². The summed E-state index contributed by atoms with van der Waals surface area (Å²) in [6.45, 7) is 5.68. The van der Waals surface area contributed by atoms with Crippen molar-refractivity contribution in [3.05, 3.63) is 20.8 Å². The van der Waals surface area contributed by atoms with Gasteiger partial charge in [0.25, 0.3) is 5.56 Å². The summed E-state index contributed by atoms with van der Waals surface area (Å²) in [7, 11) is 1.78. The van der Waals surface area contributed by atoms with E-state index in [1.165, 1.54) is 4.57 Å². The molecule has 25 heavy (non-hydrogen) atoms. The molecule has 7 nitrogen and oxygen atoms in total. The fourth-order valence-electron chi connectivity index (χ4n) is 3.00. The van der Waals surface area contributed by atoms with Crippen LogP contribution >= 0.6 is 11.6 Å². The van der Waals surface area contributed by atoms with Gasteiger partial charge in [0.05, 0.1) is 0 Å². The molecule has 2 rings (SSSR count). The van der Waals surface area contributed by atoms with Crippen LogP contribution in [0.3, 0.4) is 0 Å². The van der Waals surface area contributed by atoms with E-state index in [4.69, 9.17) is 11.6 Å². The smallest absolute Gasteiger partial charge is 0.332 e. The third-order valence-electron chi connectivity index (χ3n) is 4.28. The number of aryl methyl sites for hydroxylation is 2. The van der Waals surface area contributed by atoms with E-state index in [9.17, 15) is 9.59 Å². The van der Waals surface area contributed by atoms with Gasteiger partial charge in [-0.25, -0.2) is 9.48 Å². The van der Waals surface area contributed by atoms with Crippen LogP contribution in [0.15, 0.2) is 9.59 Å². The Hall–Kier alpha value is -1.76. The average Bonchev–Trinajstić information content (AvgIpc) is 2.97. The van der Waals surface area contributed by atoms with Gasteiger partial charge in [0.1, 0.15) is 11.2 Å². The number of nitrogens with zero attached hydrogens (tertiary/aromatic N) is 4. The van der Waals surface area contributed by atoms with E-state index in [0.717, 1.165) is 32.1 Å². The number of fused-ring (bicyclic) bond motifs is 1. The van der Waals surface area contributed by atoms with E-state index in [0.29, 0.717) is 42.4 Å². The lowest BCUT2D eigenvalue weighted by molar-refractivity contribution is 0.536. The summed E-state index contributed by atoms with van der Waals surface area (Å²) >= 11 is 5.76. The first-order chi connectivity index (χ1) is 12.1. The van der Waals surface area contributed by atoms with Crippen molar-refractivity contribution in [1.82, 2.24) is 18.9 Å². The molecule has 0 saturated carbocycles. The molecule has 8 heteroatoms. The molecule has 0 unspecified atom stereocenters. The fraction of sp³-hybridized carbons (Fsp3) is 0.706. The maximum atomic E-state index is 12.9. The van der Waals surface area contributed by atoms with Crippen molar-refractivity contribution in [2.75, 3.05) is 18.2 Å². The van der Waals surface area contributed by atoms with E-state index >= 15 is 0 Å². The highest BCUT2D eigenvalue weighted by molar-refractivity contribution is 6.17. The van der Waals surface area contributed by atoms with Crippen molar-refractivity contribution in [2.24, 2.45) is 0 Å². The zero-order chi connectivity index (χ0) is 18.4. The summed E-state index contributed by atoms with van der Waals surface area (Å²) < 4.78 is 4.77. The first-order valence-corrected chi connectivity index (χ1v) is 9.61. The van der Waals surface area contributed by atoms with Gasteiger partial charge in [0.15, 0.2) is 5.65 Å². The molecule has 2 aromatic rings. The SMILES string of the molecule is CCCCn1c(=O)n(CCC)c(=O)c2c(NC)n(CCCCCl)nc21. The molecule has 0 radical (unpaired) electrons. The molecule has 0 aliphatic heterocycles. The molecule has 0 spiro atoms. The molecule has 0 saturated heterocycles. The van der Waals surface area contributed by atoms with Gasteiger partial charge >= 0.3 is 5.69 Å². The first kappa shape index (κ1) is 19.6. The standard InChI is InChI=1S/C17H28ClN5O2/c1-4-6-11-21-15-13(16(24)22(10-5-2)17(21)25)14(19-3)23(20-15)12-8-7-9-18/h19H,4-12H2,1-3H3. The Morgan fingerprint density at radius 2 is 1.76 bits per heavy atom. The van der Waals surface area contributed by atoms with Crippen molar-refractivity contribution in [3.63, 3.8) is 0 Å². The van der Waals surface area contributed by atoms with Crippen LogP contribution in [0, 0.1) is 0 Å². The summed E-state index contributed by atoms with van der Waals surface area (Å²) in [5.74, 6) is 1.27. The second kappa shape index (κ2) is 9.08. The number of aromatic nitrogens is 4. The van der Waals surface area contributed by atoms with Crippen molar-refractivity contribution in [2.45, 2.75) is 65.6 Å². The molecule has 2 aromatic heterocycles. The molecule has 0 bridgehead atoms. The van der Waals surface area contributed by atoms with E-state index in [1.807, 2.05) is 6.92 Å². The Bertz CT molecular complexity index is 821. The second-order valence-corrected chi connectivity index (χ2v) is 6.54. The zero-order valence-corrected chi connectivity index (χ0v) is 16.1. The predicted molar refractivity (Wildman–Crippen MR) is 103 cm³/mol. The fourth-order valence-corrected chi connectivity index (χ4v) is 3.19. The molecule has 0 aliphatic rings. The number of alkyl halides is 1. The van der Waals surface area contributed by atoms with Crippen LogP contribution in [0.4, 0.5) is 5.82 Å². The summed E-state index contributed by atoms with van der Waals surface area (Å²) in [4.78, 5) is 25.7. The number of hydrogen-bond acceptors (Lipinski definition) is 4. The van der Waals surface area contributed by atoms with Crippen molar-refractivity contribution in [1.29, 1.82) is 0 Å². The van der Waals surface area contributed by atoms with Crippen LogP contribution in [0.5, 0.6) is 0 Å². The maximum absolute atomic E-state index is 12.9. The van der Waals surface area contributed by atoms with Gasteiger partial charge in [-0.05, 0) is 25.7 Å². The number of unbranched alkanes of at least 4 members (excludes halogenated alkanes) is 2. The highest BCUT2D eigenvalue weighted by Crippen LogP contribution is 2.20. The maximum Gasteiger partial charge on any atom is 0.332 e. The third kappa shape index (κ3) is 3.92. The molecule has 0 aliphatic carbocycles. The Labute approximate surface area is 152 Å². The van der Waals surface area contributed by atoms with Gasteiger partial charge in [0.2, 0.25) is 0 Å². The summed E-state index contributed by atoms with van der Waals surface area (Å²) in [6.07, 6.45) is 4.31. The lowest BCUT2D eigenvalue weighted by Gasteiger charge is -2.10. The van der Waals surface area contributed by atoms with Crippen molar-refractivity contribution < 1.29 is 0 Å². The molecule has 0 amide bonds. The molecule has 140 valence electrons. The minimum Gasteiger partial charge on any atom is -0.373 e. The minimum atomic E-state index is -0.263. The molecule has 1 N–H and O–H groups in total. The van der Waals surface area contributed by atoms with Crippen molar-refractivity contribution >= 4 is 28.5 Å². The van der Waals surface area contributed by atoms with Gasteiger partial charge in [-0.1, -0.05) is 20.3 Å². The topological polar surface area (TPSA) is 73.8 Å². The molecule has 0 fully saturated rings. The monoisotopic (exact) mass is 369 g/mol. The van der Waals surface area contributed by atoms with Crippen LogP contribution in [-0.4, -0.2) is 31.8 Å². The largest absolute Gasteiger partial charge is 0.373 e. The van der Waals surface area contributed by atoms with Gasteiger partial charge < -0.3 is 5.32 Å². The number of hydrogen-bond donors (Lipinski definition) is 1. The second-order valence-electron chi connectivity index (χ2n) is 6.16. The molecule has 2 heterocycles. The highest BCUT2D eigenvalue weighted by atomic mass is 35.5. The first-order valence-electron chi connectivity index (χ1n) is 9.08. The average molecular weight is 370 g/mol. The number of halogens is 1. The highest BCUT2D eigenvalue weighted by Gasteiger charge is 2.21. The number of anilines is 1. The van der Waals surface area contributed by atoms with Gasteiger partial charge in [0, 0.05) is 32.6 Å². The zero-order valence-electron chi connectivity index (χ0n) is 15.3. The lowest BCUT2D eigenvalue weighted by Crippen LogP contribution is -2.40. The molecular formula is C17H28ClN5O2. The normalized spacial score (nSPS) is 11.4. The van der Waals surface area contributed by atoms with E-state index in [-0.39, 0.29) is 11.2 Å². The Morgan fingerprint density at radius 3 is 2.36 bits per heavy atom. The minimum absolute atomic E-state index is 0.262. The quantitative estimate of drug-likeness (QED) is 0.516. The number of nitrogens with one attached hydrogen (secondary N) is 1. The van der Waals surface area contributed by atoms with Crippen LogP contribution in [0.25, 0.3) is 11.0 Å². The van der Waals surface area contributed by atoms with E-state index in [2.05, 4.69) is 17.3 Å². The Morgan fingerprint density at radius 1 is 1.00 bits per heavy atom. The molecule has 0 atom stereocenters. The van der Waals surface area contributed by atoms with Crippen LogP contribution < -0.4 is 16.6 Å². The number of rotatable bonds is 10. The Balaban J connectivity index is 2.70. The van der Waals surface area contributed by atoms with Crippen molar-refractivity contribution in [3.8, 4) is 0 Å². The summed E-state index contributed by atoms with van der Waals surface area (Å²) in [5, 5.41) is 8.19. The van der Waals surface area contributed by atoms with Gasteiger partial charge in [-0.3, -0.25) is 13.9 Å². The van der Waals surface area contributed by atoms with Crippen LogP contribution in [0.2, 0.25) is 0 Å². The third-order valence-corrected chi connectivity index (χ3v) is 4.55. The molecule has 0 aromatic carbocycles. The molecular weight excluding hydrogens is 342 g/mol. The Kier molecular flexibility index (Phi) is 7.11. The van der Waals surface area contributed by atoms with Crippen LogP contribution in [0.1, 0.15) is 46.0 Å². The van der Waals surface area contributed by atoms with Gasteiger partial charge in [-0.2, -0.15) is 5.10 Å². The predicted octanol–water partition coefficient (Wildman–Crippen LogP) is 2.63. The summed E-state index contributed by atoms with van der Waals surface area (Å²) in [5.41, 5.74) is -0.0468. The van der Waals surface area contributed by atoms with Crippen LogP contribution in [-0.2, 0) is 19.6 Å². The van der Waals surface area contributed by atoms with E-state index in [1.54, 1.807) is 16.3 Å². The van der Waals surface area contributed by atoms with E-state index < -0.39 is 0 Å². The summed E-state index contributed by atoms with van der Waals surface area (Å²) in [6, 6.07) is 0. The lowest BCUT2D eigenvalue weighted by atomic mass is 10.3.